The first-order valence-corrected chi connectivity index (χ1v) is 7.56. The van der Waals surface area contributed by atoms with E-state index in [4.69, 9.17) is 0 Å². The summed E-state index contributed by atoms with van der Waals surface area (Å²) in [4.78, 5) is 24.1. The fraction of sp³-hybridized carbons (Fsp3) is 0.353. The summed E-state index contributed by atoms with van der Waals surface area (Å²) in [5, 5.41) is 18.9. The van der Waals surface area contributed by atoms with Crippen molar-refractivity contribution >= 4 is 11.9 Å². The van der Waals surface area contributed by atoms with Gasteiger partial charge in [-0.2, -0.15) is 5.10 Å². The van der Waals surface area contributed by atoms with Gasteiger partial charge in [0.15, 0.2) is 0 Å². The Morgan fingerprint density at radius 2 is 1.96 bits per heavy atom. The number of amides is 1. The maximum Gasteiger partial charge on any atom is 0.304 e. The van der Waals surface area contributed by atoms with Crippen LogP contribution in [-0.2, 0) is 29.0 Å². The van der Waals surface area contributed by atoms with Gasteiger partial charge < -0.3 is 10.4 Å². The van der Waals surface area contributed by atoms with E-state index in [0.29, 0.717) is 19.4 Å². The summed E-state index contributed by atoms with van der Waals surface area (Å²) < 4.78 is 0. The standard InChI is InChI=1S/C17H19N3O3/c1-11-14(10-19-20-11)9-18-16(23)17(8-15(21)22)6-12-4-2-3-5-13(12)7-17/h2-5,10H,6-9H2,1H3,(H,18,23)(H,19,20)(H,21,22). The van der Waals surface area contributed by atoms with Gasteiger partial charge >= 0.3 is 5.97 Å². The molecule has 1 amide bonds. The molecule has 1 aromatic heterocycles. The smallest absolute Gasteiger partial charge is 0.304 e. The highest BCUT2D eigenvalue weighted by Gasteiger charge is 2.45. The number of nitrogens with zero attached hydrogens (tertiary/aromatic N) is 1. The van der Waals surface area contributed by atoms with Crippen molar-refractivity contribution in [1.29, 1.82) is 0 Å². The zero-order valence-electron chi connectivity index (χ0n) is 12.9. The van der Waals surface area contributed by atoms with Gasteiger partial charge in [-0.1, -0.05) is 24.3 Å². The van der Waals surface area contributed by atoms with Gasteiger partial charge in [0.05, 0.1) is 17.5 Å². The van der Waals surface area contributed by atoms with Crippen LogP contribution in [0.3, 0.4) is 0 Å². The van der Waals surface area contributed by atoms with E-state index in [1.807, 2.05) is 31.2 Å². The van der Waals surface area contributed by atoms with Crippen molar-refractivity contribution in [3.63, 3.8) is 0 Å². The predicted octanol–water partition coefficient (Wildman–Crippen LogP) is 1.59. The van der Waals surface area contributed by atoms with Crippen molar-refractivity contribution in [3.05, 3.63) is 52.8 Å². The number of aliphatic carboxylic acids is 1. The van der Waals surface area contributed by atoms with Crippen LogP contribution >= 0.6 is 0 Å². The second kappa shape index (κ2) is 5.87. The highest BCUT2D eigenvalue weighted by atomic mass is 16.4. The molecular formula is C17H19N3O3. The second-order valence-electron chi connectivity index (χ2n) is 6.15. The number of benzene rings is 1. The Kier molecular flexibility index (Phi) is 3.90. The molecule has 1 aliphatic carbocycles. The SMILES string of the molecule is Cc1n[nH]cc1CNC(=O)C1(CC(=O)O)Cc2ccccc2C1. The van der Waals surface area contributed by atoms with E-state index >= 15 is 0 Å². The van der Waals surface area contributed by atoms with Crippen LogP contribution in [0, 0.1) is 12.3 Å². The topological polar surface area (TPSA) is 95.1 Å². The normalized spacial score (nSPS) is 15.2. The minimum Gasteiger partial charge on any atom is -0.481 e. The Morgan fingerprint density at radius 1 is 1.30 bits per heavy atom. The molecule has 0 unspecified atom stereocenters. The maximum absolute atomic E-state index is 12.8. The number of aryl methyl sites for hydroxylation is 1. The fourth-order valence-electron chi connectivity index (χ4n) is 3.27. The Balaban J connectivity index is 1.79. The number of fused-ring (bicyclic) bond motifs is 1. The lowest BCUT2D eigenvalue weighted by molar-refractivity contribution is -0.145. The number of rotatable bonds is 5. The van der Waals surface area contributed by atoms with Crippen LogP contribution < -0.4 is 5.32 Å². The van der Waals surface area contributed by atoms with Crippen LogP contribution in [0.25, 0.3) is 0 Å². The summed E-state index contributed by atoms with van der Waals surface area (Å²) in [5.41, 5.74) is 2.94. The number of carbonyl (C=O) groups is 2. The fourth-order valence-corrected chi connectivity index (χ4v) is 3.27. The van der Waals surface area contributed by atoms with Gasteiger partial charge in [0.2, 0.25) is 5.91 Å². The van der Waals surface area contributed by atoms with Crippen molar-refractivity contribution < 1.29 is 14.7 Å². The molecule has 120 valence electrons. The number of hydrogen-bond donors (Lipinski definition) is 3. The molecule has 0 spiro atoms. The number of carboxylic acids is 1. The van der Waals surface area contributed by atoms with Crippen molar-refractivity contribution in [2.75, 3.05) is 0 Å². The zero-order valence-corrected chi connectivity index (χ0v) is 12.9. The molecule has 1 heterocycles. The van der Waals surface area contributed by atoms with E-state index in [0.717, 1.165) is 22.4 Å². The molecule has 6 heteroatoms. The molecule has 0 saturated heterocycles. The lowest BCUT2D eigenvalue weighted by Gasteiger charge is -2.26. The van der Waals surface area contributed by atoms with Crippen molar-refractivity contribution in [2.45, 2.75) is 32.7 Å². The molecule has 0 fully saturated rings. The largest absolute Gasteiger partial charge is 0.481 e. The lowest BCUT2D eigenvalue weighted by atomic mass is 9.80. The molecule has 23 heavy (non-hydrogen) atoms. The van der Waals surface area contributed by atoms with Crippen molar-refractivity contribution in [2.24, 2.45) is 5.41 Å². The number of aromatic nitrogens is 2. The van der Waals surface area contributed by atoms with Crippen LogP contribution in [-0.4, -0.2) is 27.2 Å². The van der Waals surface area contributed by atoms with Gasteiger partial charge in [0.25, 0.3) is 0 Å². The molecule has 6 nitrogen and oxygen atoms in total. The molecule has 0 bridgehead atoms. The molecule has 0 radical (unpaired) electrons. The Morgan fingerprint density at radius 3 is 2.48 bits per heavy atom. The molecule has 1 aliphatic rings. The van der Waals surface area contributed by atoms with Gasteiger partial charge in [-0.25, -0.2) is 0 Å². The molecule has 0 aliphatic heterocycles. The highest BCUT2D eigenvalue weighted by molar-refractivity contribution is 5.88. The second-order valence-corrected chi connectivity index (χ2v) is 6.15. The Bertz CT molecular complexity index is 726. The van der Waals surface area contributed by atoms with Crippen LogP contribution in [0.15, 0.2) is 30.5 Å². The van der Waals surface area contributed by atoms with Gasteiger partial charge in [-0.15, -0.1) is 0 Å². The Labute approximate surface area is 133 Å². The molecule has 3 rings (SSSR count). The summed E-state index contributed by atoms with van der Waals surface area (Å²) in [7, 11) is 0. The zero-order chi connectivity index (χ0) is 16.4. The van der Waals surface area contributed by atoms with E-state index in [-0.39, 0.29) is 12.3 Å². The lowest BCUT2D eigenvalue weighted by Crippen LogP contribution is -2.43. The van der Waals surface area contributed by atoms with Crippen LogP contribution in [0.4, 0.5) is 0 Å². The molecule has 0 atom stereocenters. The Hall–Kier alpha value is -2.63. The summed E-state index contributed by atoms with van der Waals surface area (Å²) >= 11 is 0. The average molecular weight is 313 g/mol. The molecular weight excluding hydrogens is 294 g/mol. The van der Waals surface area contributed by atoms with Crippen molar-refractivity contribution in [3.8, 4) is 0 Å². The summed E-state index contributed by atoms with van der Waals surface area (Å²) in [6.45, 7) is 2.20. The minimum absolute atomic E-state index is 0.169. The summed E-state index contributed by atoms with van der Waals surface area (Å²) in [5.74, 6) is -1.16. The van der Waals surface area contributed by atoms with E-state index in [2.05, 4.69) is 15.5 Å². The van der Waals surface area contributed by atoms with Crippen LogP contribution in [0.5, 0.6) is 0 Å². The number of carboxylic acid groups (broad SMARTS) is 1. The maximum atomic E-state index is 12.8. The number of carbonyl (C=O) groups excluding carboxylic acids is 1. The quantitative estimate of drug-likeness (QED) is 0.781. The number of aromatic amines is 1. The summed E-state index contributed by atoms with van der Waals surface area (Å²) in [6, 6.07) is 7.77. The molecule has 1 aromatic carbocycles. The summed E-state index contributed by atoms with van der Waals surface area (Å²) in [6.07, 6.45) is 2.50. The third kappa shape index (κ3) is 2.97. The molecule has 0 saturated carbocycles. The monoisotopic (exact) mass is 313 g/mol. The number of nitrogens with one attached hydrogen (secondary N) is 2. The molecule has 3 N–H and O–H groups in total. The van der Waals surface area contributed by atoms with E-state index in [1.165, 1.54) is 0 Å². The van der Waals surface area contributed by atoms with Crippen LogP contribution in [0.2, 0.25) is 0 Å². The van der Waals surface area contributed by atoms with E-state index < -0.39 is 11.4 Å². The first-order valence-electron chi connectivity index (χ1n) is 7.56. The predicted molar refractivity (Wildman–Crippen MR) is 83.7 cm³/mol. The first kappa shape index (κ1) is 15.3. The van der Waals surface area contributed by atoms with Crippen molar-refractivity contribution in [1.82, 2.24) is 15.5 Å². The average Bonchev–Trinajstić information content (AvgIpc) is 3.07. The van der Waals surface area contributed by atoms with Crippen LogP contribution in [0.1, 0.15) is 28.8 Å². The molecule has 2 aromatic rings. The first-order chi connectivity index (χ1) is 11.0. The third-order valence-corrected chi connectivity index (χ3v) is 4.52. The number of hydrogen-bond acceptors (Lipinski definition) is 3. The third-order valence-electron chi connectivity index (χ3n) is 4.52. The highest BCUT2D eigenvalue weighted by Crippen LogP contribution is 2.40. The van der Waals surface area contributed by atoms with Gasteiger partial charge in [-0.3, -0.25) is 14.7 Å². The van der Waals surface area contributed by atoms with Gasteiger partial charge in [-0.05, 0) is 30.9 Å². The van der Waals surface area contributed by atoms with E-state index in [9.17, 15) is 14.7 Å². The number of H-pyrrole nitrogens is 1. The van der Waals surface area contributed by atoms with Gasteiger partial charge in [0, 0.05) is 18.3 Å². The van der Waals surface area contributed by atoms with Gasteiger partial charge in [0.1, 0.15) is 0 Å². The van der Waals surface area contributed by atoms with E-state index in [1.54, 1.807) is 6.20 Å². The minimum atomic E-state index is -0.951.